The zero-order chi connectivity index (χ0) is 13.8. The van der Waals surface area contributed by atoms with Gasteiger partial charge in [-0.2, -0.15) is 0 Å². The first kappa shape index (κ1) is 14.5. The Labute approximate surface area is 118 Å². The van der Waals surface area contributed by atoms with Gasteiger partial charge in [-0.25, -0.2) is 4.98 Å². The van der Waals surface area contributed by atoms with Crippen molar-refractivity contribution in [3.8, 4) is 0 Å². The molecule has 1 aromatic heterocycles. The lowest BCUT2D eigenvalue weighted by Crippen LogP contribution is -2.34. The lowest BCUT2D eigenvalue weighted by atomic mass is 9.87. The highest BCUT2D eigenvalue weighted by molar-refractivity contribution is 7.17. The van der Waals surface area contributed by atoms with Crippen molar-refractivity contribution in [3.63, 3.8) is 0 Å². The quantitative estimate of drug-likeness (QED) is 0.778. The van der Waals surface area contributed by atoms with Crippen molar-refractivity contribution < 1.29 is 9.53 Å². The van der Waals surface area contributed by atoms with Gasteiger partial charge < -0.3 is 9.64 Å². The minimum absolute atomic E-state index is 0.403. The van der Waals surface area contributed by atoms with Crippen molar-refractivity contribution in [2.75, 3.05) is 19.1 Å². The third kappa shape index (κ3) is 3.34. The number of aldehydes is 1. The smallest absolute Gasteiger partial charge is 0.186 e. The lowest BCUT2D eigenvalue weighted by molar-refractivity contribution is 0.112. The summed E-state index contributed by atoms with van der Waals surface area (Å²) >= 11 is 1.47. The summed E-state index contributed by atoms with van der Waals surface area (Å²) in [4.78, 5) is 18.5. The first-order valence-electron chi connectivity index (χ1n) is 6.82. The molecule has 0 spiro atoms. The molecule has 5 heteroatoms. The fourth-order valence-electron chi connectivity index (χ4n) is 2.62. The Morgan fingerprint density at radius 1 is 1.42 bits per heavy atom. The van der Waals surface area contributed by atoms with E-state index in [0.29, 0.717) is 17.5 Å². The van der Waals surface area contributed by atoms with Gasteiger partial charge in [-0.1, -0.05) is 18.3 Å². The van der Waals surface area contributed by atoms with Gasteiger partial charge in [-0.15, -0.1) is 0 Å². The van der Waals surface area contributed by atoms with Crippen LogP contribution in [0.5, 0.6) is 0 Å². The molecule has 106 valence electrons. The number of ether oxygens (including phenoxy) is 1. The Morgan fingerprint density at radius 3 is 2.68 bits per heavy atom. The van der Waals surface area contributed by atoms with Crippen molar-refractivity contribution >= 4 is 22.8 Å². The van der Waals surface area contributed by atoms with Crippen LogP contribution in [0.15, 0.2) is 0 Å². The van der Waals surface area contributed by atoms with E-state index in [-0.39, 0.29) is 0 Å². The van der Waals surface area contributed by atoms with Crippen LogP contribution < -0.4 is 4.90 Å². The van der Waals surface area contributed by atoms with Crippen molar-refractivity contribution in [1.82, 2.24) is 4.98 Å². The third-order valence-electron chi connectivity index (χ3n) is 3.94. The molecule has 1 heterocycles. The van der Waals surface area contributed by atoms with Gasteiger partial charge in [0.2, 0.25) is 0 Å². The Balaban J connectivity index is 2.10. The highest BCUT2D eigenvalue weighted by Gasteiger charge is 2.24. The normalized spacial score (nSPS) is 23.3. The molecule has 1 fully saturated rings. The fraction of sp³-hybridized carbons (Fsp3) is 0.714. The van der Waals surface area contributed by atoms with Crippen LogP contribution in [0.3, 0.4) is 0 Å². The van der Waals surface area contributed by atoms with Gasteiger partial charge in [0, 0.05) is 20.2 Å². The number of hydrogen-bond acceptors (Lipinski definition) is 5. The Hall–Kier alpha value is -0.940. The summed E-state index contributed by atoms with van der Waals surface area (Å²) in [5, 5.41) is 0.939. The lowest BCUT2D eigenvalue weighted by Gasteiger charge is -2.33. The second-order valence-electron chi connectivity index (χ2n) is 5.38. The molecule has 0 unspecified atom stereocenters. The summed E-state index contributed by atoms with van der Waals surface area (Å²) in [6.07, 6.45) is 5.88. The molecule has 19 heavy (non-hydrogen) atoms. The maximum Gasteiger partial charge on any atom is 0.186 e. The fourth-order valence-corrected chi connectivity index (χ4v) is 3.54. The predicted octanol–water partition coefficient (Wildman–Crippen LogP) is 3.12. The van der Waals surface area contributed by atoms with Gasteiger partial charge in [0.1, 0.15) is 0 Å². The number of methoxy groups -OCH3 is 1. The largest absolute Gasteiger partial charge is 0.378 e. The van der Waals surface area contributed by atoms with E-state index in [4.69, 9.17) is 4.74 Å². The van der Waals surface area contributed by atoms with Gasteiger partial charge in [0.15, 0.2) is 11.4 Å². The molecule has 0 saturated heterocycles. The summed E-state index contributed by atoms with van der Waals surface area (Å²) < 4.78 is 5.09. The first-order chi connectivity index (χ1) is 9.15. The van der Waals surface area contributed by atoms with Crippen LogP contribution in [0.4, 0.5) is 5.13 Å². The molecule has 2 rings (SSSR count). The number of thiazole rings is 1. The zero-order valence-electron chi connectivity index (χ0n) is 11.9. The maximum atomic E-state index is 11.1. The number of nitrogens with zero attached hydrogens (tertiary/aromatic N) is 2. The van der Waals surface area contributed by atoms with E-state index >= 15 is 0 Å². The highest BCUT2D eigenvalue weighted by Crippen LogP contribution is 2.32. The predicted molar refractivity (Wildman–Crippen MR) is 78.0 cm³/mol. The minimum Gasteiger partial charge on any atom is -0.378 e. The SMILES string of the molecule is COCc1nc(N(C)C2CCC(C)CC2)sc1C=O. The molecule has 0 amide bonds. The molecule has 1 aliphatic carbocycles. The summed E-state index contributed by atoms with van der Waals surface area (Å²) in [6.45, 7) is 2.72. The summed E-state index contributed by atoms with van der Waals surface area (Å²) in [5.74, 6) is 0.843. The standard InChI is InChI=1S/C14H22N2O2S/c1-10-4-6-11(7-5-10)16(2)14-15-12(9-18-3)13(8-17)19-14/h8,10-11H,4-7,9H2,1-3H3. The molecule has 1 saturated carbocycles. The van der Waals surface area contributed by atoms with Crippen molar-refractivity contribution in [1.29, 1.82) is 0 Å². The topological polar surface area (TPSA) is 42.4 Å². The van der Waals surface area contributed by atoms with Crippen LogP contribution in [0.2, 0.25) is 0 Å². The van der Waals surface area contributed by atoms with Crippen LogP contribution in [-0.4, -0.2) is 31.5 Å². The third-order valence-corrected chi connectivity index (χ3v) is 5.05. The molecule has 0 atom stereocenters. The zero-order valence-corrected chi connectivity index (χ0v) is 12.7. The van der Waals surface area contributed by atoms with E-state index in [9.17, 15) is 4.79 Å². The molecule has 0 bridgehead atoms. The second kappa shape index (κ2) is 6.48. The highest BCUT2D eigenvalue weighted by atomic mass is 32.1. The van der Waals surface area contributed by atoms with E-state index in [1.165, 1.54) is 37.0 Å². The average Bonchev–Trinajstić information content (AvgIpc) is 2.82. The van der Waals surface area contributed by atoms with E-state index in [1.54, 1.807) is 7.11 Å². The molecule has 1 aromatic rings. The monoisotopic (exact) mass is 282 g/mol. The summed E-state index contributed by atoms with van der Waals surface area (Å²) in [7, 11) is 3.71. The molecule has 4 nitrogen and oxygen atoms in total. The van der Waals surface area contributed by atoms with Crippen LogP contribution in [0.25, 0.3) is 0 Å². The number of carbonyl (C=O) groups is 1. The van der Waals surface area contributed by atoms with Crippen LogP contribution in [0.1, 0.15) is 48.0 Å². The van der Waals surface area contributed by atoms with Gasteiger partial charge in [0.25, 0.3) is 0 Å². The minimum atomic E-state index is 0.403. The summed E-state index contributed by atoms with van der Waals surface area (Å²) in [6, 6.07) is 0.553. The number of hydrogen-bond donors (Lipinski definition) is 0. The van der Waals surface area contributed by atoms with E-state index in [2.05, 4.69) is 23.9 Å². The Kier molecular flexibility index (Phi) is 4.93. The molecule has 0 aromatic carbocycles. The molecular weight excluding hydrogens is 260 g/mol. The van der Waals surface area contributed by atoms with Crippen LogP contribution in [0, 0.1) is 5.92 Å². The van der Waals surface area contributed by atoms with Crippen molar-refractivity contribution in [2.24, 2.45) is 5.92 Å². The second-order valence-corrected chi connectivity index (χ2v) is 6.39. The summed E-state index contributed by atoms with van der Waals surface area (Å²) in [5.41, 5.74) is 0.758. The van der Waals surface area contributed by atoms with Gasteiger partial charge in [-0.05, 0) is 31.6 Å². The maximum absolute atomic E-state index is 11.1. The Bertz CT molecular complexity index is 425. The molecule has 0 radical (unpaired) electrons. The average molecular weight is 282 g/mol. The van der Waals surface area contributed by atoms with E-state index in [1.807, 2.05) is 0 Å². The van der Waals surface area contributed by atoms with E-state index in [0.717, 1.165) is 23.0 Å². The van der Waals surface area contributed by atoms with Crippen molar-refractivity contribution in [3.05, 3.63) is 10.6 Å². The molecule has 0 N–H and O–H groups in total. The van der Waals surface area contributed by atoms with Gasteiger partial charge >= 0.3 is 0 Å². The van der Waals surface area contributed by atoms with Crippen LogP contribution >= 0.6 is 11.3 Å². The first-order valence-corrected chi connectivity index (χ1v) is 7.64. The number of anilines is 1. The van der Waals surface area contributed by atoms with Crippen molar-refractivity contribution in [2.45, 2.75) is 45.3 Å². The van der Waals surface area contributed by atoms with Crippen LogP contribution in [-0.2, 0) is 11.3 Å². The van der Waals surface area contributed by atoms with Gasteiger partial charge in [-0.3, -0.25) is 4.79 Å². The van der Waals surface area contributed by atoms with E-state index < -0.39 is 0 Å². The van der Waals surface area contributed by atoms with Gasteiger partial charge in [0.05, 0.1) is 17.2 Å². The molecule has 1 aliphatic rings. The molecule has 0 aliphatic heterocycles. The number of rotatable bonds is 5. The number of aromatic nitrogens is 1. The Morgan fingerprint density at radius 2 is 2.11 bits per heavy atom. The number of carbonyl (C=O) groups excluding carboxylic acids is 1. The molecular formula is C14H22N2O2S.